The molecule has 3 aromatic rings. The molecule has 0 aromatic heterocycles. The largest absolute Gasteiger partial charge is 0.489 e. The summed E-state index contributed by atoms with van der Waals surface area (Å²) in [5.74, 6) is 1.02. The van der Waals surface area contributed by atoms with Gasteiger partial charge in [0.1, 0.15) is 24.7 Å². The third-order valence-electron chi connectivity index (χ3n) is 3.95. The topological polar surface area (TPSA) is 47.6 Å². The summed E-state index contributed by atoms with van der Waals surface area (Å²) >= 11 is 0. The number of rotatable bonds is 8. The summed E-state index contributed by atoms with van der Waals surface area (Å²) in [4.78, 5) is 12.7. The fraction of sp³-hybridized carbons (Fsp3) is 0.125. The normalized spacial score (nSPS) is 10.2. The molecule has 0 spiro atoms. The molecule has 0 unspecified atom stereocenters. The molecule has 4 nitrogen and oxygen atoms in total. The summed E-state index contributed by atoms with van der Waals surface area (Å²) in [5, 5.41) is 2.90. The Morgan fingerprint density at radius 2 is 1.68 bits per heavy atom. The Morgan fingerprint density at radius 1 is 0.929 bits per heavy atom. The van der Waals surface area contributed by atoms with Crippen molar-refractivity contribution < 1.29 is 14.3 Å². The lowest BCUT2D eigenvalue weighted by molar-refractivity contribution is 0.102. The molecular formula is C24H23NO3. The van der Waals surface area contributed by atoms with Gasteiger partial charge in [0.25, 0.3) is 5.91 Å². The Hall–Kier alpha value is -3.53. The molecule has 0 saturated heterocycles. The van der Waals surface area contributed by atoms with E-state index in [1.54, 1.807) is 24.3 Å². The van der Waals surface area contributed by atoms with Gasteiger partial charge in [-0.3, -0.25) is 4.79 Å². The first-order valence-electron chi connectivity index (χ1n) is 9.06. The highest BCUT2D eigenvalue weighted by Crippen LogP contribution is 2.25. The minimum atomic E-state index is -0.225. The van der Waals surface area contributed by atoms with Crippen molar-refractivity contribution in [1.82, 2.24) is 0 Å². The van der Waals surface area contributed by atoms with Crippen LogP contribution in [0.4, 0.5) is 5.69 Å². The summed E-state index contributed by atoms with van der Waals surface area (Å²) in [5.41, 5.74) is 3.11. The van der Waals surface area contributed by atoms with Crippen LogP contribution in [0.15, 0.2) is 91.0 Å². The zero-order valence-corrected chi connectivity index (χ0v) is 15.9. The van der Waals surface area contributed by atoms with Crippen molar-refractivity contribution in [3.8, 4) is 11.5 Å². The highest BCUT2D eigenvalue weighted by atomic mass is 16.5. The van der Waals surface area contributed by atoms with E-state index in [4.69, 9.17) is 9.47 Å². The number of amides is 1. The predicted octanol–water partition coefficient (Wildman–Crippen LogP) is 5.47. The van der Waals surface area contributed by atoms with Gasteiger partial charge in [-0.2, -0.15) is 0 Å². The number of para-hydroxylation sites is 2. The number of benzene rings is 3. The summed E-state index contributed by atoms with van der Waals surface area (Å²) in [6.45, 7) is 6.57. The molecule has 142 valence electrons. The molecule has 0 saturated carbocycles. The minimum Gasteiger partial charge on any atom is -0.489 e. The van der Waals surface area contributed by atoms with Crippen molar-refractivity contribution in [3.05, 3.63) is 102 Å². The lowest BCUT2D eigenvalue weighted by atomic mass is 10.2. The summed E-state index contributed by atoms with van der Waals surface area (Å²) in [7, 11) is 0. The van der Waals surface area contributed by atoms with E-state index in [0.29, 0.717) is 36.0 Å². The number of ether oxygens (including phenoxy) is 2. The van der Waals surface area contributed by atoms with E-state index in [2.05, 4.69) is 11.9 Å². The summed E-state index contributed by atoms with van der Waals surface area (Å²) in [6, 6.07) is 24.4. The lowest BCUT2D eigenvalue weighted by Crippen LogP contribution is -2.13. The Labute approximate surface area is 165 Å². The first kappa shape index (κ1) is 19.2. The van der Waals surface area contributed by atoms with Crippen LogP contribution in [0.5, 0.6) is 11.5 Å². The highest BCUT2D eigenvalue weighted by Gasteiger charge is 2.11. The van der Waals surface area contributed by atoms with Crippen molar-refractivity contribution in [2.45, 2.75) is 13.5 Å². The first-order chi connectivity index (χ1) is 13.6. The molecule has 0 bridgehead atoms. The van der Waals surface area contributed by atoms with Gasteiger partial charge >= 0.3 is 0 Å². The standard InChI is InChI=1S/C24H23NO3/c1-18(2)16-28-23-14-7-6-13-22(23)25-24(26)20-11-8-12-21(15-20)27-17-19-9-4-3-5-10-19/h3-15H,1,16-17H2,2H3,(H,25,26). The maximum Gasteiger partial charge on any atom is 0.255 e. The molecule has 1 N–H and O–H groups in total. The zero-order valence-electron chi connectivity index (χ0n) is 15.9. The fourth-order valence-electron chi connectivity index (χ4n) is 2.56. The molecule has 28 heavy (non-hydrogen) atoms. The Kier molecular flexibility index (Phi) is 6.47. The first-order valence-corrected chi connectivity index (χ1v) is 9.06. The Balaban J connectivity index is 1.67. The number of hydrogen-bond acceptors (Lipinski definition) is 3. The minimum absolute atomic E-state index is 0.225. The quantitative estimate of drug-likeness (QED) is 0.532. The fourth-order valence-corrected chi connectivity index (χ4v) is 2.56. The van der Waals surface area contributed by atoms with E-state index in [0.717, 1.165) is 11.1 Å². The van der Waals surface area contributed by atoms with Crippen molar-refractivity contribution in [2.24, 2.45) is 0 Å². The van der Waals surface area contributed by atoms with Crippen LogP contribution >= 0.6 is 0 Å². The maximum absolute atomic E-state index is 12.7. The van der Waals surface area contributed by atoms with Crippen molar-refractivity contribution >= 4 is 11.6 Å². The molecule has 0 atom stereocenters. The summed E-state index contributed by atoms with van der Waals surface area (Å²) < 4.78 is 11.5. The molecule has 1 amide bonds. The molecule has 0 aliphatic rings. The molecule has 0 aliphatic heterocycles. The zero-order chi connectivity index (χ0) is 19.8. The Morgan fingerprint density at radius 3 is 2.46 bits per heavy atom. The molecular weight excluding hydrogens is 350 g/mol. The molecule has 3 aromatic carbocycles. The average Bonchev–Trinajstić information content (AvgIpc) is 2.72. The van der Waals surface area contributed by atoms with Crippen molar-refractivity contribution in [2.75, 3.05) is 11.9 Å². The molecule has 0 aliphatic carbocycles. The van der Waals surface area contributed by atoms with Gasteiger partial charge in [0.2, 0.25) is 0 Å². The van der Waals surface area contributed by atoms with Gasteiger partial charge in [-0.25, -0.2) is 0 Å². The van der Waals surface area contributed by atoms with Gasteiger partial charge in [-0.05, 0) is 48.4 Å². The van der Waals surface area contributed by atoms with Crippen LogP contribution in [-0.2, 0) is 6.61 Å². The van der Waals surface area contributed by atoms with E-state index < -0.39 is 0 Å². The van der Waals surface area contributed by atoms with Gasteiger partial charge in [0, 0.05) is 5.56 Å². The van der Waals surface area contributed by atoms with Crippen LogP contribution in [0.2, 0.25) is 0 Å². The number of carbonyl (C=O) groups is 1. The summed E-state index contributed by atoms with van der Waals surface area (Å²) in [6.07, 6.45) is 0. The van der Waals surface area contributed by atoms with E-state index >= 15 is 0 Å². The van der Waals surface area contributed by atoms with Crippen LogP contribution in [0.1, 0.15) is 22.8 Å². The monoisotopic (exact) mass is 373 g/mol. The van der Waals surface area contributed by atoms with Crippen LogP contribution in [0, 0.1) is 0 Å². The highest BCUT2D eigenvalue weighted by molar-refractivity contribution is 6.05. The van der Waals surface area contributed by atoms with E-state index in [9.17, 15) is 4.79 Å². The molecule has 3 rings (SSSR count). The predicted molar refractivity (Wildman–Crippen MR) is 112 cm³/mol. The van der Waals surface area contributed by atoms with Crippen LogP contribution in [0.3, 0.4) is 0 Å². The van der Waals surface area contributed by atoms with Crippen LogP contribution in [-0.4, -0.2) is 12.5 Å². The second kappa shape index (κ2) is 9.42. The van der Waals surface area contributed by atoms with Gasteiger partial charge in [0.05, 0.1) is 5.69 Å². The van der Waals surface area contributed by atoms with Crippen LogP contribution in [0.25, 0.3) is 0 Å². The van der Waals surface area contributed by atoms with Gasteiger partial charge in [-0.1, -0.05) is 55.1 Å². The Bertz CT molecular complexity index is 951. The number of hydrogen-bond donors (Lipinski definition) is 1. The average molecular weight is 373 g/mol. The number of carbonyl (C=O) groups excluding carboxylic acids is 1. The van der Waals surface area contributed by atoms with E-state index in [-0.39, 0.29) is 5.91 Å². The van der Waals surface area contributed by atoms with Crippen molar-refractivity contribution in [1.29, 1.82) is 0 Å². The van der Waals surface area contributed by atoms with Gasteiger partial charge in [-0.15, -0.1) is 0 Å². The number of anilines is 1. The SMILES string of the molecule is C=C(C)COc1ccccc1NC(=O)c1cccc(OCc2ccccc2)c1. The molecule has 0 heterocycles. The van der Waals surface area contributed by atoms with Crippen LogP contribution < -0.4 is 14.8 Å². The second-order valence-electron chi connectivity index (χ2n) is 6.50. The maximum atomic E-state index is 12.7. The van der Waals surface area contributed by atoms with E-state index in [1.807, 2.05) is 61.5 Å². The van der Waals surface area contributed by atoms with E-state index in [1.165, 1.54) is 0 Å². The van der Waals surface area contributed by atoms with Gasteiger partial charge < -0.3 is 14.8 Å². The second-order valence-corrected chi connectivity index (χ2v) is 6.50. The van der Waals surface area contributed by atoms with Crippen molar-refractivity contribution in [3.63, 3.8) is 0 Å². The molecule has 4 heteroatoms. The molecule has 0 fully saturated rings. The smallest absolute Gasteiger partial charge is 0.255 e. The third kappa shape index (κ3) is 5.48. The number of nitrogens with one attached hydrogen (secondary N) is 1. The third-order valence-corrected chi connectivity index (χ3v) is 3.95. The molecule has 0 radical (unpaired) electrons. The lowest BCUT2D eigenvalue weighted by Gasteiger charge is -2.13. The van der Waals surface area contributed by atoms with Gasteiger partial charge in [0.15, 0.2) is 0 Å².